The van der Waals surface area contributed by atoms with Crippen molar-refractivity contribution >= 4 is 0 Å². The van der Waals surface area contributed by atoms with Gasteiger partial charge in [0, 0.05) is 27.2 Å². The Morgan fingerprint density at radius 3 is 1.29 bits per heavy atom. The molecule has 1 saturated heterocycles. The Bertz CT molecular complexity index is 1030. The first-order chi connectivity index (χ1) is 19.6. The van der Waals surface area contributed by atoms with Gasteiger partial charge in [-0.1, -0.05) is 6.92 Å². The number of methoxy groups -OCH3 is 2. The zero-order valence-electron chi connectivity index (χ0n) is 22.1. The molecule has 0 N–H and O–H groups in total. The van der Waals surface area contributed by atoms with E-state index in [2.05, 4.69) is 28.4 Å². The van der Waals surface area contributed by atoms with Crippen molar-refractivity contribution in [2.45, 2.75) is 92.5 Å². The molecule has 0 saturated carbocycles. The SMILES string of the molecule is CCOC1(C(F)(OC(F)(F)C(F)(F)C(F)(F)OC)C(F)(F)F)CC(C)C(C(F)(OC(F)(F)C(F)(F)C(F)(F)OC)C(F)(F)F)O1. The van der Waals surface area contributed by atoms with E-state index >= 15 is 8.78 Å². The molecule has 0 aromatic carbocycles. The van der Waals surface area contributed by atoms with E-state index in [0.29, 0.717) is 6.92 Å². The highest BCUT2D eigenvalue weighted by Gasteiger charge is 2.86. The molecule has 0 aromatic rings. The van der Waals surface area contributed by atoms with Gasteiger partial charge in [-0.3, -0.25) is 9.47 Å². The average molecular weight is 722 g/mol. The van der Waals surface area contributed by atoms with Crippen LogP contribution in [0.5, 0.6) is 0 Å². The zero-order chi connectivity index (χ0) is 36.3. The average Bonchev–Trinajstić information content (AvgIpc) is 3.19. The van der Waals surface area contributed by atoms with Crippen LogP contribution in [0.4, 0.5) is 87.8 Å². The highest BCUT2D eigenvalue weighted by atomic mass is 19.4. The predicted molar refractivity (Wildman–Crippen MR) is 98.7 cm³/mol. The van der Waals surface area contributed by atoms with Gasteiger partial charge in [0.2, 0.25) is 5.79 Å². The lowest BCUT2D eigenvalue weighted by atomic mass is 9.91. The monoisotopic (exact) mass is 722 g/mol. The highest BCUT2D eigenvalue weighted by molar-refractivity contribution is 5.07. The van der Waals surface area contributed by atoms with Crippen molar-refractivity contribution in [2.75, 3.05) is 20.8 Å². The van der Waals surface area contributed by atoms with Crippen LogP contribution in [0.3, 0.4) is 0 Å². The van der Waals surface area contributed by atoms with Crippen LogP contribution in [0.2, 0.25) is 0 Å². The molecule has 0 aliphatic carbocycles. The van der Waals surface area contributed by atoms with Crippen molar-refractivity contribution < 1.29 is 116 Å². The van der Waals surface area contributed by atoms with Gasteiger partial charge in [0.05, 0.1) is 0 Å². The van der Waals surface area contributed by atoms with Crippen LogP contribution >= 0.6 is 0 Å². The van der Waals surface area contributed by atoms with Gasteiger partial charge in [0.15, 0.2) is 0 Å². The van der Waals surface area contributed by atoms with Crippen LogP contribution in [0.1, 0.15) is 20.3 Å². The predicted octanol–water partition coefficient (Wildman–Crippen LogP) is 7.57. The summed E-state index contributed by atoms with van der Waals surface area (Å²) < 4.78 is 296. The Morgan fingerprint density at radius 2 is 0.978 bits per heavy atom. The van der Waals surface area contributed by atoms with Gasteiger partial charge in [-0.05, 0) is 12.8 Å². The van der Waals surface area contributed by atoms with E-state index in [4.69, 9.17) is 0 Å². The fourth-order valence-electron chi connectivity index (χ4n) is 3.68. The quantitative estimate of drug-likeness (QED) is 0.173. The molecule has 0 bridgehead atoms. The number of alkyl halides is 20. The summed E-state index contributed by atoms with van der Waals surface area (Å²) in [6, 6.07) is 0. The lowest BCUT2D eigenvalue weighted by Crippen LogP contribution is -2.69. The first-order valence-corrected chi connectivity index (χ1v) is 11.2. The van der Waals surface area contributed by atoms with E-state index in [1.54, 1.807) is 0 Å². The fourth-order valence-corrected chi connectivity index (χ4v) is 3.68. The molecular weight excluding hydrogens is 704 g/mol. The van der Waals surface area contributed by atoms with Crippen molar-refractivity contribution in [1.29, 1.82) is 0 Å². The van der Waals surface area contributed by atoms with Crippen LogP contribution < -0.4 is 0 Å². The summed E-state index contributed by atoms with van der Waals surface area (Å²) in [6.07, 6.45) is -49.3. The van der Waals surface area contributed by atoms with Crippen molar-refractivity contribution in [3.63, 3.8) is 0 Å². The number of halogens is 20. The minimum Gasteiger partial charge on any atom is -0.345 e. The fraction of sp³-hybridized carbons (Fsp3) is 1.00. The maximum Gasteiger partial charge on any atom is 0.454 e. The summed E-state index contributed by atoms with van der Waals surface area (Å²) in [7, 11) is -0.820. The van der Waals surface area contributed by atoms with E-state index in [1.807, 2.05) is 0 Å². The summed E-state index contributed by atoms with van der Waals surface area (Å²) in [5.74, 6) is -36.5. The van der Waals surface area contributed by atoms with Crippen molar-refractivity contribution in [3.8, 4) is 0 Å². The van der Waals surface area contributed by atoms with E-state index in [9.17, 15) is 79.0 Å². The maximum absolute atomic E-state index is 15.6. The minimum atomic E-state index is -7.42. The van der Waals surface area contributed by atoms with E-state index in [-0.39, 0.29) is 6.92 Å². The summed E-state index contributed by atoms with van der Waals surface area (Å²) >= 11 is 0. The van der Waals surface area contributed by atoms with Crippen LogP contribution in [-0.2, 0) is 28.4 Å². The standard InChI is InChI=1S/C19H18F20O6/c1-5-42-9(13(25,15(29,30)31)45-19(38,39)12(23,24)17(34,35)41-4)6-7(2)8(43-9)10(20,14(26,27)28)44-18(36,37)11(21,22)16(32,33)40-3/h7-8H,5-6H2,1-4H3. The van der Waals surface area contributed by atoms with Crippen molar-refractivity contribution in [2.24, 2.45) is 5.92 Å². The summed E-state index contributed by atoms with van der Waals surface area (Å²) in [4.78, 5) is 0. The lowest BCUT2D eigenvalue weighted by molar-refractivity contribution is -0.538. The van der Waals surface area contributed by atoms with Gasteiger partial charge < -0.3 is 18.9 Å². The normalized spacial score (nSPS) is 26.1. The molecule has 0 amide bonds. The Hall–Kier alpha value is -1.64. The molecule has 26 heteroatoms. The van der Waals surface area contributed by atoms with Gasteiger partial charge in [-0.2, -0.15) is 87.8 Å². The number of rotatable bonds is 14. The third kappa shape index (κ3) is 6.46. The molecular formula is C19H18F20O6. The molecule has 1 aliphatic rings. The zero-order valence-corrected chi connectivity index (χ0v) is 22.1. The molecule has 0 aromatic heterocycles. The Morgan fingerprint density at radius 1 is 0.600 bits per heavy atom. The minimum absolute atomic E-state index is 0.0302. The van der Waals surface area contributed by atoms with Crippen LogP contribution in [0.15, 0.2) is 0 Å². The van der Waals surface area contributed by atoms with Gasteiger partial charge >= 0.3 is 60.3 Å². The van der Waals surface area contributed by atoms with E-state index in [1.165, 1.54) is 0 Å². The van der Waals surface area contributed by atoms with E-state index in [0.717, 1.165) is 0 Å². The smallest absolute Gasteiger partial charge is 0.345 e. The molecule has 1 rings (SSSR count). The van der Waals surface area contributed by atoms with Gasteiger partial charge in [-0.25, -0.2) is 0 Å². The molecule has 5 unspecified atom stereocenters. The summed E-state index contributed by atoms with van der Waals surface area (Å²) in [6.45, 7) is -1.19. The van der Waals surface area contributed by atoms with Crippen LogP contribution in [0.25, 0.3) is 0 Å². The van der Waals surface area contributed by atoms with Crippen molar-refractivity contribution in [1.82, 2.24) is 0 Å². The Labute approximate surface area is 236 Å². The largest absolute Gasteiger partial charge is 0.454 e. The van der Waals surface area contributed by atoms with Crippen molar-refractivity contribution in [3.05, 3.63) is 0 Å². The topological polar surface area (TPSA) is 55.4 Å². The molecule has 1 heterocycles. The number of hydrogen-bond donors (Lipinski definition) is 0. The maximum atomic E-state index is 15.6. The molecule has 45 heavy (non-hydrogen) atoms. The molecule has 5 atom stereocenters. The molecule has 0 spiro atoms. The first kappa shape index (κ1) is 41.4. The van der Waals surface area contributed by atoms with E-state index < -0.39 is 105 Å². The van der Waals surface area contributed by atoms with Gasteiger partial charge in [0.1, 0.15) is 6.10 Å². The Balaban J connectivity index is 3.95. The van der Waals surface area contributed by atoms with Crippen LogP contribution in [-0.4, -0.2) is 93.1 Å². The molecule has 1 aliphatic heterocycles. The second-order valence-corrected chi connectivity index (χ2v) is 8.97. The lowest BCUT2D eigenvalue weighted by Gasteiger charge is -2.45. The van der Waals surface area contributed by atoms with Gasteiger partial charge in [-0.15, -0.1) is 0 Å². The van der Waals surface area contributed by atoms with Crippen LogP contribution in [0, 0.1) is 5.92 Å². The first-order valence-electron chi connectivity index (χ1n) is 11.2. The highest BCUT2D eigenvalue weighted by Crippen LogP contribution is 2.61. The second-order valence-electron chi connectivity index (χ2n) is 8.97. The Kier molecular flexibility index (Phi) is 10.9. The third-order valence-electron chi connectivity index (χ3n) is 5.93. The third-order valence-corrected chi connectivity index (χ3v) is 5.93. The number of ether oxygens (including phenoxy) is 6. The van der Waals surface area contributed by atoms with Gasteiger partial charge in [0.25, 0.3) is 0 Å². The number of hydrogen-bond acceptors (Lipinski definition) is 6. The summed E-state index contributed by atoms with van der Waals surface area (Å²) in [5.41, 5.74) is 0. The molecule has 6 nitrogen and oxygen atoms in total. The molecule has 270 valence electrons. The molecule has 1 fully saturated rings. The summed E-state index contributed by atoms with van der Waals surface area (Å²) in [5, 5.41) is 0. The molecule has 0 radical (unpaired) electrons. The second kappa shape index (κ2) is 11.8.